The molecule has 0 aromatic carbocycles. The fraction of sp³-hybridized carbons (Fsp3) is 0.778. The van der Waals surface area contributed by atoms with Gasteiger partial charge in [-0.15, -0.1) is 0 Å². The number of unbranched alkanes of at least 4 members (excludes halogenated alkanes) is 4. The summed E-state index contributed by atoms with van der Waals surface area (Å²) in [6.07, 6.45) is 11.1. The quantitative estimate of drug-likeness (QED) is 0.298. The van der Waals surface area contributed by atoms with Crippen LogP contribution in [0.4, 0.5) is 4.79 Å². The van der Waals surface area contributed by atoms with Gasteiger partial charge < -0.3 is 25.4 Å². The van der Waals surface area contributed by atoms with E-state index in [1.807, 2.05) is 26.0 Å². The molecule has 4 atom stereocenters. The number of nitrogens with one attached hydrogen (secondary N) is 2. The molecule has 0 bridgehead atoms. The number of hydrogen-bond acceptors (Lipinski definition) is 5. The number of allylic oxidation sites excluding steroid dienone is 2. The molecule has 1 heterocycles. The zero-order valence-electron chi connectivity index (χ0n) is 22.8. The van der Waals surface area contributed by atoms with Crippen LogP contribution >= 0.6 is 0 Å². The van der Waals surface area contributed by atoms with Gasteiger partial charge in [-0.1, -0.05) is 58.6 Å². The number of rotatable bonds is 10. The second kappa shape index (κ2) is 17.0. The van der Waals surface area contributed by atoms with Gasteiger partial charge in [-0.2, -0.15) is 0 Å². The minimum absolute atomic E-state index is 0.0400. The van der Waals surface area contributed by atoms with Crippen molar-refractivity contribution in [2.45, 2.75) is 110 Å². The second-order valence-corrected chi connectivity index (χ2v) is 10.4. The third-order valence-corrected chi connectivity index (χ3v) is 6.39. The lowest BCUT2D eigenvalue weighted by atomic mass is 9.94. The summed E-state index contributed by atoms with van der Waals surface area (Å²) in [6.45, 7) is 6.00. The molecule has 0 saturated carbocycles. The van der Waals surface area contributed by atoms with E-state index in [0.717, 1.165) is 32.1 Å². The van der Waals surface area contributed by atoms with Crippen LogP contribution in [0.2, 0.25) is 0 Å². The summed E-state index contributed by atoms with van der Waals surface area (Å²) >= 11 is 0. The molecule has 0 aromatic rings. The number of carbonyl (C=O) groups excluding carboxylic acids is 3. The van der Waals surface area contributed by atoms with Gasteiger partial charge in [-0.25, -0.2) is 9.59 Å². The highest BCUT2D eigenvalue weighted by atomic mass is 16.6. The lowest BCUT2D eigenvalue weighted by Crippen LogP contribution is -2.53. The first-order valence-corrected chi connectivity index (χ1v) is 13.4. The van der Waals surface area contributed by atoms with E-state index in [4.69, 9.17) is 4.74 Å². The first-order chi connectivity index (χ1) is 17.0. The lowest BCUT2D eigenvalue weighted by molar-refractivity contribution is -0.143. The molecule has 3 amide bonds. The summed E-state index contributed by atoms with van der Waals surface area (Å²) in [5.74, 6) is -2.52. The largest absolute Gasteiger partial charge is 0.480 e. The maximum absolute atomic E-state index is 13.1. The Bertz CT molecular complexity index is 737. The average molecular weight is 510 g/mol. The van der Waals surface area contributed by atoms with E-state index in [2.05, 4.69) is 17.6 Å². The Morgan fingerprint density at radius 2 is 1.81 bits per heavy atom. The Kier molecular flexibility index (Phi) is 14.8. The van der Waals surface area contributed by atoms with E-state index in [0.29, 0.717) is 25.7 Å². The van der Waals surface area contributed by atoms with Gasteiger partial charge in [0.2, 0.25) is 11.8 Å². The SMILES string of the molecule is CCCCCCCC1CCC=CCC(C(=O)N(C)C)C[C@@H](C(=O)O)NC(=O)[C@H](CC(C)C)NC(=O)O1. The molecule has 1 rings (SSSR count). The Balaban J connectivity index is 3.13. The van der Waals surface area contributed by atoms with Crippen molar-refractivity contribution in [1.29, 1.82) is 0 Å². The molecule has 9 heteroatoms. The predicted octanol–water partition coefficient (Wildman–Crippen LogP) is 4.26. The molecule has 0 fully saturated rings. The fourth-order valence-corrected chi connectivity index (χ4v) is 4.37. The fourth-order valence-electron chi connectivity index (χ4n) is 4.37. The van der Waals surface area contributed by atoms with E-state index in [9.17, 15) is 24.3 Å². The van der Waals surface area contributed by atoms with Gasteiger partial charge in [0.1, 0.15) is 18.2 Å². The number of cyclic esters (lactones) is 1. The van der Waals surface area contributed by atoms with Crippen molar-refractivity contribution in [3.63, 3.8) is 0 Å². The van der Waals surface area contributed by atoms with E-state index >= 15 is 0 Å². The molecule has 2 unspecified atom stereocenters. The minimum atomic E-state index is -1.26. The molecule has 9 nitrogen and oxygen atoms in total. The molecule has 206 valence electrons. The second-order valence-electron chi connectivity index (χ2n) is 10.4. The summed E-state index contributed by atoms with van der Waals surface area (Å²) in [4.78, 5) is 52.0. The molecule has 3 N–H and O–H groups in total. The highest BCUT2D eigenvalue weighted by Gasteiger charge is 2.32. The van der Waals surface area contributed by atoms with E-state index in [1.165, 1.54) is 11.3 Å². The van der Waals surface area contributed by atoms with Crippen molar-refractivity contribution in [2.24, 2.45) is 11.8 Å². The van der Waals surface area contributed by atoms with E-state index < -0.39 is 36.0 Å². The normalized spacial score (nSPS) is 24.2. The monoisotopic (exact) mass is 509 g/mol. The Hall–Kier alpha value is -2.58. The molecule has 1 aliphatic rings. The number of aliphatic carboxylic acids is 1. The van der Waals surface area contributed by atoms with Gasteiger partial charge in [-0.3, -0.25) is 9.59 Å². The van der Waals surface area contributed by atoms with Crippen molar-refractivity contribution < 1.29 is 29.0 Å². The van der Waals surface area contributed by atoms with Crippen LogP contribution in [0.1, 0.15) is 91.4 Å². The summed E-state index contributed by atoms with van der Waals surface area (Å²) in [5.41, 5.74) is 0. The molecule has 0 saturated heterocycles. The molecule has 0 aliphatic carbocycles. The smallest absolute Gasteiger partial charge is 0.408 e. The van der Waals surface area contributed by atoms with Crippen LogP contribution in [0.25, 0.3) is 0 Å². The summed E-state index contributed by atoms with van der Waals surface area (Å²) in [6, 6.07) is -2.19. The molecule has 0 spiro atoms. The molecule has 1 aliphatic heterocycles. The Morgan fingerprint density at radius 3 is 2.42 bits per heavy atom. The van der Waals surface area contributed by atoms with Crippen LogP contribution in [0, 0.1) is 11.8 Å². The molecule has 0 aromatic heterocycles. The standard InChI is InChI=1S/C27H47N3O6/c1-6-7-8-9-12-15-21-16-13-10-11-14-20(25(32)30(4)5)18-23(26(33)34)28-24(31)22(17-19(2)3)29-27(35)36-21/h10-11,19-23H,6-9,12-18H2,1-5H3,(H,28,31)(H,29,35)(H,33,34)/t20?,21?,22-,23-/m0/s1. The van der Waals surface area contributed by atoms with Crippen LogP contribution < -0.4 is 10.6 Å². The third-order valence-electron chi connectivity index (χ3n) is 6.39. The van der Waals surface area contributed by atoms with Crippen molar-refractivity contribution in [3.05, 3.63) is 12.2 Å². The maximum atomic E-state index is 13.1. The van der Waals surface area contributed by atoms with Gasteiger partial charge in [-0.05, 0) is 50.9 Å². The van der Waals surface area contributed by atoms with Crippen LogP contribution in [0.15, 0.2) is 12.2 Å². The van der Waals surface area contributed by atoms with Gasteiger partial charge in [0, 0.05) is 20.0 Å². The van der Waals surface area contributed by atoms with Crippen molar-refractivity contribution in [2.75, 3.05) is 14.1 Å². The number of hydrogen-bond donors (Lipinski definition) is 3. The van der Waals surface area contributed by atoms with Crippen molar-refractivity contribution in [3.8, 4) is 0 Å². The molecular formula is C27H47N3O6. The van der Waals surface area contributed by atoms with Gasteiger partial charge >= 0.3 is 12.1 Å². The summed E-state index contributed by atoms with van der Waals surface area (Å²) < 4.78 is 5.72. The number of carboxylic acid groups (broad SMARTS) is 1. The van der Waals surface area contributed by atoms with Gasteiger partial charge in [0.05, 0.1) is 0 Å². The Morgan fingerprint density at radius 1 is 1.11 bits per heavy atom. The number of nitrogens with zero attached hydrogens (tertiary/aromatic N) is 1. The number of alkyl carbamates (subject to hydrolysis) is 1. The summed E-state index contributed by atoms with van der Waals surface area (Å²) in [7, 11) is 3.26. The van der Waals surface area contributed by atoms with Gasteiger partial charge in [0.15, 0.2) is 0 Å². The molecular weight excluding hydrogens is 462 g/mol. The zero-order chi connectivity index (χ0) is 27.1. The number of amides is 3. The number of carboxylic acids is 1. The van der Waals surface area contributed by atoms with Crippen LogP contribution in [0.3, 0.4) is 0 Å². The minimum Gasteiger partial charge on any atom is -0.480 e. The predicted molar refractivity (Wildman–Crippen MR) is 139 cm³/mol. The lowest BCUT2D eigenvalue weighted by Gasteiger charge is -2.26. The van der Waals surface area contributed by atoms with Crippen LogP contribution in [-0.4, -0.2) is 66.2 Å². The topological polar surface area (TPSA) is 125 Å². The molecule has 0 radical (unpaired) electrons. The Labute approximate surface area is 216 Å². The van der Waals surface area contributed by atoms with E-state index in [-0.39, 0.29) is 24.3 Å². The first-order valence-electron chi connectivity index (χ1n) is 13.4. The maximum Gasteiger partial charge on any atom is 0.408 e. The zero-order valence-corrected chi connectivity index (χ0v) is 22.8. The number of carbonyl (C=O) groups is 4. The highest BCUT2D eigenvalue weighted by Crippen LogP contribution is 2.19. The van der Waals surface area contributed by atoms with Crippen molar-refractivity contribution in [1.82, 2.24) is 15.5 Å². The first kappa shape index (κ1) is 31.4. The molecule has 36 heavy (non-hydrogen) atoms. The average Bonchev–Trinajstić information content (AvgIpc) is 2.80. The van der Waals surface area contributed by atoms with E-state index in [1.54, 1.807) is 14.1 Å². The number of ether oxygens (including phenoxy) is 1. The third kappa shape index (κ3) is 12.4. The van der Waals surface area contributed by atoms with Crippen LogP contribution in [-0.2, 0) is 19.1 Å². The highest BCUT2D eigenvalue weighted by molar-refractivity contribution is 5.89. The summed E-state index contributed by atoms with van der Waals surface area (Å²) in [5, 5.41) is 15.0. The van der Waals surface area contributed by atoms with Crippen LogP contribution in [0.5, 0.6) is 0 Å². The van der Waals surface area contributed by atoms with Gasteiger partial charge in [0.25, 0.3) is 0 Å². The van der Waals surface area contributed by atoms with Crippen molar-refractivity contribution >= 4 is 23.9 Å².